The molecule has 23 heavy (non-hydrogen) atoms. The maximum atomic E-state index is 12.0. The lowest BCUT2D eigenvalue weighted by Crippen LogP contribution is -2.17. The molecule has 0 radical (unpaired) electrons. The van der Waals surface area contributed by atoms with Gasteiger partial charge in [-0.25, -0.2) is 5.43 Å². The molecular formula is C17H16N4O2. The van der Waals surface area contributed by atoms with Crippen molar-refractivity contribution in [3.63, 3.8) is 0 Å². The Bertz CT molecular complexity index is 802. The Labute approximate surface area is 133 Å². The summed E-state index contributed by atoms with van der Waals surface area (Å²) in [4.78, 5) is 12.0. The van der Waals surface area contributed by atoms with Gasteiger partial charge < -0.3 is 4.42 Å². The summed E-state index contributed by atoms with van der Waals surface area (Å²) < 4.78 is 5.24. The number of benzene rings is 1. The third-order valence-electron chi connectivity index (χ3n) is 3.36. The van der Waals surface area contributed by atoms with Crippen LogP contribution in [0.4, 0.5) is 0 Å². The summed E-state index contributed by atoms with van der Waals surface area (Å²) in [6.45, 7) is 2.10. The number of aromatic amines is 1. The van der Waals surface area contributed by atoms with E-state index in [1.807, 2.05) is 24.3 Å². The highest BCUT2D eigenvalue weighted by molar-refractivity contribution is 5.93. The van der Waals surface area contributed by atoms with Crippen LogP contribution in [0.15, 0.2) is 58.2 Å². The summed E-state index contributed by atoms with van der Waals surface area (Å²) in [5, 5.41) is 10.6. The number of amides is 1. The largest absolute Gasteiger partial charge is 0.463 e. The van der Waals surface area contributed by atoms with Crippen molar-refractivity contribution < 1.29 is 9.21 Å². The van der Waals surface area contributed by atoms with E-state index in [1.54, 1.807) is 30.7 Å². The van der Waals surface area contributed by atoms with Gasteiger partial charge in [0.25, 0.3) is 5.91 Å². The fourth-order valence-electron chi connectivity index (χ4n) is 2.06. The van der Waals surface area contributed by atoms with E-state index in [-0.39, 0.29) is 11.6 Å². The van der Waals surface area contributed by atoms with E-state index in [0.29, 0.717) is 11.5 Å². The molecule has 1 amide bonds. The Morgan fingerprint density at radius 2 is 2.17 bits per heavy atom. The number of aryl methyl sites for hydroxylation is 1. The van der Waals surface area contributed by atoms with Gasteiger partial charge in [-0.05, 0) is 29.7 Å². The summed E-state index contributed by atoms with van der Waals surface area (Å²) in [6, 6.07) is 13.1. The molecule has 2 aromatic heterocycles. The van der Waals surface area contributed by atoms with Gasteiger partial charge in [-0.1, -0.05) is 31.2 Å². The standard InChI is InChI=1S/C17H16N4O2/c1-2-12-5-7-13(8-6-12)11-18-21-17(22)15-10-14(19-20-15)16-4-3-9-23-16/h3-11H,2H2,1H3,(H,19,20)(H,21,22)/b18-11-. The third kappa shape index (κ3) is 3.55. The fraction of sp³-hybridized carbons (Fsp3) is 0.118. The van der Waals surface area contributed by atoms with E-state index in [9.17, 15) is 4.79 Å². The topological polar surface area (TPSA) is 83.3 Å². The number of hydrogen-bond acceptors (Lipinski definition) is 4. The van der Waals surface area contributed by atoms with E-state index >= 15 is 0 Å². The number of furan rings is 1. The second-order valence-electron chi connectivity index (χ2n) is 4.94. The summed E-state index contributed by atoms with van der Waals surface area (Å²) in [7, 11) is 0. The molecule has 6 heteroatoms. The molecule has 1 aromatic carbocycles. The number of aromatic nitrogens is 2. The van der Waals surface area contributed by atoms with E-state index in [1.165, 1.54) is 5.56 Å². The van der Waals surface area contributed by atoms with Gasteiger partial charge in [-0.15, -0.1) is 0 Å². The van der Waals surface area contributed by atoms with Crippen molar-refractivity contribution in [3.05, 3.63) is 65.5 Å². The molecule has 3 rings (SSSR count). The highest BCUT2D eigenvalue weighted by Gasteiger charge is 2.11. The lowest BCUT2D eigenvalue weighted by molar-refractivity contribution is 0.0950. The van der Waals surface area contributed by atoms with Crippen LogP contribution in [0, 0.1) is 0 Å². The second kappa shape index (κ2) is 6.74. The minimum absolute atomic E-state index is 0.245. The minimum atomic E-state index is -0.388. The first kappa shape index (κ1) is 14.8. The Hall–Kier alpha value is -3.15. The number of carbonyl (C=O) groups is 1. The maximum absolute atomic E-state index is 12.0. The van der Waals surface area contributed by atoms with Crippen LogP contribution in [0.1, 0.15) is 28.5 Å². The van der Waals surface area contributed by atoms with Crippen molar-refractivity contribution in [2.45, 2.75) is 13.3 Å². The molecule has 0 atom stereocenters. The van der Waals surface area contributed by atoms with E-state index in [2.05, 4.69) is 27.6 Å². The third-order valence-corrected chi connectivity index (χ3v) is 3.36. The van der Waals surface area contributed by atoms with Gasteiger partial charge >= 0.3 is 0 Å². The maximum Gasteiger partial charge on any atom is 0.291 e. The first-order chi connectivity index (χ1) is 11.3. The number of carbonyl (C=O) groups excluding carboxylic acids is 1. The average molecular weight is 308 g/mol. The van der Waals surface area contributed by atoms with Crippen molar-refractivity contribution >= 4 is 12.1 Å². The molecule has 0 fully saturated rings. The molecular weight excluding hydrogens is 292 g/mol. The molecule has 3 aromatic rings. The van der Waals surface area contributed by atoms with Crippen LogP contribution in [-0.2, 0) is 6.42 Å². The van der Waals surface area contributed by atoms with Gasteiger partial charge in [0, 0.05) is 6.07 Å². The Morgan fingerprint density at radius 1 is 1.35 bits per heavy atom. The normalized spacial score (nSPS) is 11.0. The number of hydrazone groups is 1. The number of nitrogens with one attached hydrogen (secondary N) is 2. The van der Waals surface area contributed by atoms with Crippen LogP contribution in [0.3, 0.4) is 0 Å². The number of hydrogen-bond donors (Lipinski definition) is 2. The Balaban J connectivity index is 1.61. The summed E-state index contributed by atoms with van der Waals surface area (Å²) in [5.74, 6) is 0.233. The molecule has 116 valence electrons. The van der Waals surface area contributed by atoms with E-state index < -0.39 is 0 Å². The molecule has 2 N–H and O–H groups in total. The van der Waals surface area contributed by atoms with Gasteiger partial charge in [0.2, 0.25) is 0 Å². The molecule has 0 aliphatic heterocycles. The van der Waals surface area contributed by atoms with Gasteiger partial charge in [-0.2, -0.15) is 10.2 Å². The molecule has 6 nitrogen and oxygen atoms in total. The molecule has 2 heterocycles. The molecule has 0 saturated heterocycles. The molecule has 0 aliphatic carbocycles. The molecule has 0 spiro atoms. The van der Waals surface area contributed by atoms with Gasteiger partial charge in [0.1, 0.15) is 5.69 Å². The van der Waals surface area contributed by atoms with E-state index in [4.69, 9.17) is 4.42 Å². The smallest absolute Gasteiger partial charge is 0.291 e. The first-order valence-corrected chi connectivity index (χ1v) is 7.28. The zero-order chi connectivity index (χ0) is 16.1. The molecule has 0 saturated carbocycles. The van der Waals surface area contributed by atoms with Gasteiger partial charge in [-0.3, -0.25) is 9.89 Å². The van der Waals surface area contributed by atoms with Crippen LogP contribution in [0.25, 0.3) is 11.5 Å². The predicted molar refractivity (Wildman–Crippen MR) is 87.2 cm³/mol. The molecule has 0 unspecified atom stereocenters. The van der Waals surface area contributed by atoms with Crippen LogP contribution in [0.2, 0.25) is 0 Å². The van der Waals surface area contributed by atoms with Gasteiger partial charge in [0.15, 0.2) is 11.5 Å². The van der Waals surface area contributed by atoms with E-state index in [0.717, 1.165) is 12.0 Å². The Morgan fingerprint density at radius 3 is 2.87 bits per heavy atom. The summed E-state index contributed by atoms with van der Waals surface area (Å²) in [6.07, 6.45) is 4.15. The lowest BCUT2D eigenvalue weighted by atomic mass is 10.1. The van der Waals surface area contributed by atoms with Crippen molar-refractivity contribution in [1.29, 1.82) is 0 Å². The van der Waals surface area contributed by atoms with Crippen LogP contribution >= 0.6 is 0 Å². The summed E-state index contributed by atoms with van der Waals surface area (Å²) >= 11 is 0. The fourth-order valence-corrected chi connectivity index (χ4v) is 2.06. The van der Waals surface area contributed by atoms with Gasteiger partial charge in [0.05, 0.1) is 12.5 Å². The highest BCUT2D eigenvalue weighted by Crippen LogP contribution is 2.17. The highest BCUT2D eigenvalue weighted by atomic mass is 16.3. The monoisotopic (exact) mass is 308 g/mol. The predicted octanol–water partition coefficient (Wildman–Crippen LogP) is 3.00. The number of rotatable bonds is 5. The molecule has 0 aliphatic rings. The van der Waals surface area contributed by atoms with Crippen molar-refractivity contribution in [3.8, 4) is 11.5 Å². The zero-order valence-corrected chi connectivity index (χ0v) is 12.6. The minimum Gasteiger partial charge on any atom is -0.463 e. The molecule has 0 bridgehead atoms. The quantitative estimate of drug-likeness (QED) is 0.561. The van der Waals surface area contributed by atoms with Crippen LogP contribution in [0.5, 0.6) is 0 Å². The second-order valence-corrected chi connectivity index (χ2v) is 4.94. The summed E-state index contributed by atoms with van der Waals surface area (Å²) in [5.41, 5.74) is 5.51. The first-order valence-electron chi connectivity index (χ1n) is 7.28. The SMILES string of the molecule is CCc1ccc(/C=N\NC(=O)c2cc(-c3ccco3)[nH]n2)cc1. The average Bonchev–Trinajstić information content (AvgIpc) is 3.26. The zero-order valence-electron chi connectivity index (χ0n) is 12.6. The van der Waals surface area contributed by atoms with Crippen molar-refractivity contribution in [1.82, 2.24) is 15.6 Å². The lowest BCUT2D eigenvalue weighted by Gasteiger charge is -1.97. The Kier molecular flexibility index (Phi) is 4.33. The van der Waals surface area contributed by atoms with Crippen LogP contribution in [-0.4, -0.2) is 22.3 Å². The number of nitrogens with zero attached hydrogens (tertiary/aromatic N) is 2. The number of H-pyrrole nitrogens is 1. The van der Waals surface area contributed by atoms with Crippen molar-refractivity contribution in [2.75, 3.05) is 0 Å². The van der Waals surface area contributed by atoms with Crippen molar-refractivity contribution in [2.24, 2.45) is 5.10 Å². The van der Waals surface area contributed by atoms with Crippen LogP contribution < -0.4 is 5.43 Å².